The van der Waals surface area contributed by atoms with Gasteiger partial charge in [-0.2, -0.15) is 0 Å². The van der Waals surface area contributed by atoms with Gasteiger partial charge in [0, 0.05) is 13.7 Å². The van der Waals surface area contributed by atoms with E-state index in [4.69, 9.17) is 9.15 Å². The lowest BCUT2D eigenvalue weighted by Gasteiger charge is -2.56. The van der Waals surface area contributed by atoms with Crippen LogP contribution in [0.1, 0.15) is 54.9 Å². The molecule has 4 aliphatic rings. The highest BCUT2D eigenvalue weighted by Gasteiger charge is 2.55. The Morgan fingerprint density at radius 2 is 1.81 bits per heavy atom. The standard InChI is InChI=1S/C20H28N2O5/c1-25-4-3-22(11-17-21-16(12-27-17)18(23)26-2)19(24)20-8-13-5-14(9-20)7-15(6-13)10-20/h12-15H,3-11H2,1-2H3. The summed E-state index contributed by atoms with van der Waals surface area (Å²) < 4.78 is 15.3. The third kappa shape index (κ3) is 3.49. The molecular weight excluding hydrogens is 348 g/mol. The third-order valence-electron chi connectivity index (χ3n) is 6.62. The van der Waals surface area contributed by atoms with E-state index < -0.39 is 5.97 Å². The molecule has 0 aliphatic heterocycles. The molecule has 0 saturated heterocycles. The highest BCUT2D eigenvalue weighted by atomic mass is 16.5. The van der Waals surface area contributed by atoms with Crippen LogP contribution < -0.4 is 0 Å². The van der Waals surface area contributed by atoms with E-state index >= 15 is 0 Å². The van der Waals surface area contributed by atoms with Gasteiger partial charge in [0.15, 0.2) is 5.69 Å². The minimum Gasteiger partial charge on any atom is -0.464 e. The lowest BCUT2D eigenvalue weighted by Crippen LogP contribution is -2.54. The molecule has 4 saturated carbocycles. The zero-order valence-corrected chi connectivity index (χ0v) is 16.1. The number of amides is 1. The van der Waals surface area contributed by atoms with Crippen LogP contribution >= 0.6 is 0 Å². The van der Waals surface area contributed by atoms with Crippen LogP contribution in [0.25, 0.3) is 0 Å². The number of carbonyl (C=O) groups is 2. The monoisotopic (exact) mass is 376 g/mol. The molecule has 7 heteroatoms. The van der Waals surface area contributed by atoms with Gasteiger partial charge in [-0.05, 0) is 56.3 Å². The van der Waals surface area contributed by atoms with Crippen molar-refractivity contribution < 1.29 is 23.5 Å². The number of methoxy groups -OCH3 is 2. The van der Waals surface area contributed by atoms with Crippen LogP contribution in [-0.2, 0) is 20.8 Å². The maximum Gasteiger partial charge on any atom is 0.360 e. The molecule has 0 atom stereocenters. The Balaban J connectivity index is 1.52. The summed E-state index contributed by atoms with van der Waals surface area (Å²) in [6.45, 7) is 1.20. The highest BCUT2D eigenvalue weighted by Crippen LogP contribution is 2.60. The zero-order valence-electron chi connectivity index (χ0n) is 16.1. The molecule has 1 heterocycles. The van der Waals surface area contributed by atoms with E-state index in [1.165, 1.54) is 32.6 Å². The molecule has 0 aromatic carbocycles. The Morgan fingerprint density at radius 1 is 1.19 bits per heavy atom. The summed E-state index contributed by atoms with van der Waals surface area (Å²) >= 11 is 0. The second-order valence-electron chi connectivity index (χ2n) is 8.54. The van der Waals surface area contributed by atoms with Crippen molar-refractivity contribution in [2.75, 3.05) is 27.4 Å². The summed E-state index contributed by atoms with van der Waals surface area (Å²) in [6.07, 6.45) is 8.22. The first-order chi connectivity index (χ1) is 13.0. The number of hydrogen-bond acceptors (Lipinski definition) is 6. The van der Waals surface area contributed by atoms with Gasteiger partial charge in [0.25, 0.3) is 0 Å². The van der Waals surface area contributed by atoms with Crippen molar-refractivity contribution >= 4 is 11.9 Å². The summed E-state index contributed by atoms with van der Waals surface area (Å²) in [5.41, 5.74) is -0.0956. The minimum atomic E-state index is -0.541. The molecular formula is C20H28N2O5. The predicted molar refractivity (Wildman–Crippen MR) is 95.7 cm³/mol. The van der Waals surface area contributed by atoms with E-state index in [1.54, 1.807) is 7.11 Å². The highest BCUT2D eigenvalue weighted by molar-refractivity contribution is 5.86. The van der Waals surface area contributed by atoms with Gasteiger partial charge in [0.1, 0.15) is 6.26 Å². The summed E-state index contributed by atoms with van der Waals surface area (Å²) in [6, 6.07) is 0. The molecule has 5 rings (SSSR count). The van der Waals surface area contributed by atoms with Gasteiger partial charge in [0.2, 0.25) is 11.8 Å². The van der Waals surface area contributed by atoms with Crippen LogP contribution in [0.15, 0.2) is 10.7 Å². The van der Waals surface area contributed by atoms with Gasteiger partial charge in [-0.25, -0.2) is 9.78 Å². The maximum atomic E-state index is 13.6. The van der Waals surface area contributed by atoms with Gasteiger partial charge in [-0.3, -0.25) is 4.79 Å². The van der Waals surface area contributed by atoms with Crippen molar-refractivity contribution in [3.63, 3.8) is 0 Å². The van der Waals surface area contributed by atoms with Crippen molar-refractivity contribution in [1.82, 2.24) is 9.88 Å². The van der Waals surface area contributed by atoms with Gasteiger partial charge >= 0.3 is 5.97 Å². The molecule has 4 bridgehead atoms. The summed E-state index contributed by atoms with van der Waals surface area (Å²) in [5, 5.41) is 0. The molecule has 1 aromatic heterocycles. The molecule has 1 amide bonds. The lowest BCUT2D eigenvalue weighted by atomic mass is 9.49. The molecule has 0 N–H and O–H groups in total. The van der Waals surface area contributed by atoms with Crippen molar-refractivity contribution in [2.45, 2.75) is 45.1 Å². The van der Waals surface area contributed by atoms with Crippen molar-refractivity contribution in [2.24, 2.45) is 23.2 Å². The van der Waals surface area contributed by atoms with Gasteiger partial charge < -0.3 is 18.8 Å². The first kappa shape index (κ1) is 18.5. The summed E-state index contributed by atoms with van der Waals surface area (Å²) in [4.78, 5) is 31.2. The van der Waals surface area contributed by atoms with Crippen LogP contribution in [0.4, 0.5) is 0 Å². The second kappa shape index (κ2) is 7.26. The van der Waals surface area contributed by atoms with E-state index in [9.17, 15) is 9.59 Å². The van der Waals surface area contributed by atoms with Crippen molar-refractivity contribution in [3.05, 3.63) is 17.8 Å². The SMILES string of the molecule is COCCN(Cc1nc(C(=O)OC)co1)C(=O)C12CC3CC(CC(C3)C1)C2. The van der Waals surface area contributed by atoms with Crippen LogP contribution in [-0.4, -0.2) is 49.1 Å². The number of oxazole rings is 1. The number of esters is 1. The second-order valence-corrected chi connectivity index (χ2v) is 8.54. The number of carbonyl (C=O) groups excluding carboxylic acids is 2. The number of nitrogens with zero attached hydrogens (tertiary/aromatic N) is 2. The number of ether oxygens (including phenoxy) is 2. The molecule has 4 aliphatic carbocycles. The largest absolute Gasteiger partial charge is 0.464 e. The van der Waals surface area contributed by atoms with E-state index in [2.05, 4.69) is 9.72 Å². The number of rotatable bonds is 7. The lowest BCUT2D eigenvalue weighted by molar-refractivity contribution is -0.159. The fourth-order valence-corrected chi connectivity index (χ4v) is 5.91. The minimum absolute atomic E-state index is 0.126. The average molecular weight is 376 g/mol. The molecule has 0 radical (unpaired) electrons. The molecule has 148 valence electrons. The van der Waals surface area contributed by atoms with Gasteiger partial charge in [-0.1, -0.05) is 0 Å². The zero-order chi connectivity index (χ0) is 19.0. The van der Waals surface area contributed by atoms with E-state index in [0.717, 1.165) is 19.3 Å². The van der Waals surface area contributed by atoms with Crippen LogP contribution in [0, 0.1) is 23.2 Å². The number of aromatic nitrogens is 1. The molecule has 27 heavy (non-hydrogen) atoms. The Kier molecular flexibility index (Phi) is 4.97. The fourth-order valence-electron chi connectivity index (χ4n) is 5.91. The third-order valence-corrected chi connectivity index (χ3v) is 6.62. The van der Waals surface area contributed by atoms with E-state index in [0.29, 0.717) is 36.8 Å². The van der Waals surface area contributed by atoms with E-state index in [1.807, 2.05) is 4.90 Å². The smallest absolute Gasteiger partial charge is 0.360 e. The summed E-state index contributed by atoms with van der Waals surface area (Å²) in [7, 11) is 2.94. The van der Waals surface area contributed by atoms with Gasteiger partial charge in [0.05, 0.1) is 25.7 Å². The van der Waals surface area contributed by atoms with Crippen LogP contribution in [0.2, 0.25) is 0 Å². The molecule has 4 fully saturated rings. The first-order valence-corrected chi connectivity index (χ1v) is 9.84. The Morgan fingerprint density at radius 3 is 2.37 bits per heavy atom. The number of hydrogen-bond donors (Lipinski definition) is 0. The average Bonchev–Trinajstić information content (AvgIpc) is 3.11. The normalized spacial score (nSPS) is 31.1. The fraction of sp³-hybridized carbons (Fsp3) is 0.750. The molecule has 1 aromatic rings. The van der Waals surface area contributed by atoms with E-state index in [-0.39, 0.29) is 23.6 Å². The Labute approximate surface area is 159 Å². The Hall–Kier alpha value is -1.89. The van der Waals surface area contributed by atoms with Crippen molar-refractivity contribution in [1.29, 1.82) is 0 Å². The predicted octanol–water partition coefficient (Wildman–Crippen LogP) is 2.65. The maximum absolute atomic E-state index is 13.6. The summed E-state index contributed by atoms with van der Waals surface area (Å²) in [5.74, 6) is 2.13. The molecule has 7 nitrogen and oxygen atoms in total. The van der Waals surface area contributed by atoms with Crippen LogP contribution in [0.3, 0.4) is 0 Å². The van der Waals surface area contributed by atoms with Gasteiger partial charge in [-0.15, -0.1) is 0 Å². The molecule has 0 unspecified atom stereocenters. The Bertz CT molecular complexity index is 678. The molecule has 0 spiro atoms. The first-order valence-electron chi connectivity index (χ1n) is 9.84. The quantitative estimate of drug-likeness (QED) is 0.681. The topological polar surface area (TPSA) is 81.9 Å². The van der Waals surface area contributed by atoms with Crippen LogP contribution in [0.5, 0.6) is 0 Å². The van der Waals surface area contributed by atoms with Crippen molar-refractivity contribution in [3.8, 4) is 0 Å².